The predicted molar refractivity (Wildman–Crippen MR) is 506 cm³/mol. The van der Waals surface area contributed by atoms with Gasteiger partial charge >= 0.3 is 35.8 Å². The number of aromatic amines is 1. The number of allylic oxidation sites excluding steroid dienone is 1. The van der Waals surface area contributed by atoms with E-state index in [4.69, 9.17) is 26.6 Å². The van der Waals surface area contributed by atoms with Crippen LogP contribution in [0.5, 0.6) is 5.75 Å². The molecule has 14 atom stereocenters. The van der Waals surface area contributed by atoms with E-state index >= 15 is 9.59 Å². The largest absolute Gasteiger partial charge is 0.508 e. The fourth-order valence-corrected chi connectivity index (χ4v) is 19.3. The number of guanidine groups is 1. The molecule has 3 aromatic carbocycles. The molecule has 19 N–H and O–H groups in total. The number of nitrogens with zero attached hydrogens (tertiary/aromatic N) is 6. The van der Waals surface area contributed by atoms with Crippen LogP contribution in [0.25, 0.3) is 11.2 Å². The Morgan fingerprint density at radius 2 is 1.35 bits per heavy atom. The van der Waals surface area contributed by atoms with Gasteiger partial charge in [-0.05, 0) is 130 Å². The number of carbonyl (C=O) groups is 15. The van der Waals surface area contributed by atoms with E-state index in [0.29, 0.717) is 71.0 Å². The van der Waals surface area contributed by atoms with E-state index in [1.165, 1.54) is 52.6 Å². The number of aromatic nitrogens is 5. The number of quaternary nitrogens is 1. The number of phenolic OH excluding ortho intramolecular Hbond substituents is 1. The number of carboxylic acid groups (broad SMARTS) is 6. The van der Waals surface area contributed by atoms with Crippen LogP contribution in [0.2, 0.25) is 0 Å². The second-order valence-corrected chi connectivity index (χ2v) is 38.1. The van der Waals surface area contributed by atoms with Crippen molar-refractivity contribution in [3.8, 4) is 5.75 Å². The summed E-state index contributed by atoms with van der Waals surface area (Å²) >= 11 is 1.27. The summed E-state index contributed by atoms with van der Waals surface area (Å²) in [7, 11) is 4.24. The van der Waals surface area contributed by atoms with Crippen molar-refractivity contribution in [1.82, 2.24) is 56.4 Å². The third-order valence-electron chi connectivity index (χ3n) is 23.7. The monoisotopic (exact) mass is 1950 g/mol. The maximum Gasteiger partial charge on any atom is 0.326 e. The molecule has 1 aliphatic rings. The number of phenols is 1. The Balaban J connectivity index is 0.957. The molecule has 4 heterocycles. The summed E-state index contributed by atoms with van der Waals surface area (Å²) in [5.41, 5.74) is 13.1. The quantitative estimate of drug-likeness (QED) is 0.00323. The van der Waals surface area contributed by atoms with E-state index in [0.717, 1.165) is 34.8 Å². The van der Waals surface area contributed by atoms with Crippen molar-refractivity contribution in [3.63, 3.8) is 0 Å². The number of nitrogen functional groups attached to an aromatic ring is 1. The topological polar surface area (TPSA) is 643 Å². The number of anilines is 2. The van der Waals surface area contributed by atoms with E-state index in [1.54, 1.807) is 36.6 Å². The zero-order valence-corrected chi connectivity index (χ0v) is 79.8. The number of nitrogens with one attached hydrogen (secondary N) is 8. The van der Waals surface area contributed by atoms with Gasteiger partial charge in [0.15, 0.2) is 40.5 Å². The van der Waals surface area contributed by atoms with Gasteiger partial charge in [0.2, 0.25) is 23.7 Å². The normalized spacial score (nSPS) is 16.4. The predicted octanol–water partition coefficient (Wildman–Crippen LogP) is 8.50. The number of hydrogen-bond donors (Lipinski definition) is 17. The first-order valence-corrected chi connectivity index (χ1v) is 48.3. The lowest BCUT2D eigenvalue weighted by atomic mass is 9.86. The first-order chi connectivity index (χ1) is 64.5. The average molecular weight is 1950 g/mol. The van der Waals surface area contributed by atoms with E-state index in [9.17, 15) is 103 Å². The summed E-state index contributed by atoms with van der Waals surface area (Å²) in [6.45, 7) is 14.9. The van der Waals surface area contributed by atoms with Gasteiger partial charge < -0.3 is 93.2 Å². The molecule has 1 aliphatic heterocycles. The van der Waals surface area contributed by atoms with Crippen molar-refractivity contribution < 1.29 is 117 Å². The summed E-state index contributed by atoms with van der Waals surface area (Å²) in [6, 6.07) is 12.4. The first-order valence-electron chi connectivity index (χ1n) is 45.1. The minimum atomic E-state index is -1.97. The molecule has 5 amide bonds. The van der Waals surface area contributed by atoms with Crippen molar-refractivity contribution in [3.05, 3.63) is 140 Å². The molecular formula is C93H125N16O24S3+. The summed E-state index contributed by atoms with van der Waals surface area (Å²) < 4.78 is 6.72. The smallest absolute Gasteiger partial charge is 0.326 e. The Hall–Kier alpha value is -12.6. The highest BCUT2D eigenvalue weighted by atomic mass is 33.1. The molecule has 7 rings (SSSR count). The number of rotatable bonds is 61. The number of likely N-dealkylation sites (N-methyl/N-ethyl adjacent to an activating group) is 1. The highest BCUT2D eigenvalue weighted by Gasteiger charge is 2.45. The molecule has 0 saturated carbocycles. The Morgan fingerprint density at radius 3 is 1.96 bits per heavy atom. The zero-order chi connectivity index (χ0) is 100. The van der Waals surface area contributed by atoms with Gasteiger partial charge in [-0.15, -0.1) is 11.3 Å². The van der Waals surface area contributed by atoms with Crippen LogP contribution in [0, 0.1) is 46.8 Å². The summed E-state index contributed by atoms with van der Waals surface area (Å²) in [4.78, 5) is 237. The lowest BCUT2D eigenvalue weighted by Crippen LogP contribution is -2.63. The number of Topliss-reactive ketones (excluding diaryl/α,β-unsaturated/α-hetero) is 4. The van der Waals surface area contributed by atoms with Crippen LogP contribution in [0.3, 0.4) is 0 Å². The Labute approximate surface area is 798 Å². The number of aliphatic carboxylic acids is 6. The molecule has 0 bridgehead atoms. The van der Waals surface area contributed by atoms with Crippen LogP contribution in [-0.4, -0.2) is 240 Å². The Bertz CT molecular complexity index is 5270. The highest BCUT2D eigenvalue weighted by molar-refractivity contribution is 8.76. The van der Waals surface area contributed by atoms with Crippen LogP contribution >= 0.6 is 32.9 Å². The number of nitrogens with two attached hydrogens (primary N) is 2. The number of fused-ring (bicyclic) bond motifs is 1. The second kappa shape index (κ2) is 54.2. The molecule has 2 unspecified atom stereocenters. The fourth-order valence-electron chi connectivity index (χ4n) is 16.1. The fraction of sp³-hybridized carbons (Fsp3) is 0.516. The van der Waals surface area contributed by atoms with Crippen molar-refractivity contribution in [2.75, 3.05) is 50.1 Å². The zero-order valence-electron chi connectivity index (χ0n) is 77.3. The van der Waals surface area contributed by atoms with E-state index in [2.05, 4.69) is 51.8 Å². The van der Waals surface area contributed by atoms with Crippen LogP contribution < -0.4 is 48.9 Å². The van der Waals surface area contributed by atoms with E-state index in [1.807, 2.05) is 89.9 Å². The number of thiazole rings is 1. The number of ketones is 4. The SMILES string of the molecule is CCC=CCN(C(=O)[C@@H](NC(=O)[C@H]1CCCC[N+]1(C)Cc1ccc(SSC[C@H](CC(=O)[C@H](CC(=O)O)NC(=O)[C@H](CC(=O)O)CC(=O)[C@H](CCCNC(=N)N)NC(=O)[C@H](CC(=O)O)CC(=O)CC[C@H](NC(=O)c2ccc(NCc3cnc4nc(N)[nH]c(=O)c4n3)cc2)C(=O)O)C(=O)O)cc1)C(C)CC)[C@H](C[C@@H](OCC)c1nc(C(=O)C[C@@H](Cc2ccc(O)cc2)C[C@H](C)C(=O)O)cs1)C(C)C. The van der Waals surface area contributed by atoms with Crippen LogP contribution in [-0.2, 0) is 86.6 Å². The number of piperidine rings is 1. The number of carboxylic acids is 6. The van der Waals surface area contributed by atoms with Crippen molar-refractivity contribution in [2.45, 2.75) is 231 Å². The molecule has 6 aromatic rings. The molecule has 0 aliphatic carbocycles. The maximum atomic E-state index is 15.6. The number of benzene rings is 3. The van der Waals surface area contributed by atoms with Gasteiger partial charge in [0.25, 0.3) is 17.4 Å². The van der Waals surface area contributed by atoms with E-state index < -0.39 is 200 Å². The number of carbonyl (C=O) groups excluding carboxylic acids is 9. The maximum absolute atomic E-state index is 15.6. The van der Waals surface area contributed by atoms with Gasteiger partial charge in [-0.2, -0.15) is 4.98 Å². The average Bonchev–Trinajstić information content (AvgIpc) is 1.11. The highest BCUT2D eigenvalue weighted by Crippen LogP contribution is 2.37. The molecule has 43 heteroatoms. The number of hydrogen-bond acceptors (Lipinski definition) is 28. The molecule has 1 saturated heterocycles. The van der Waals surface area contributed by atoms with Gasteiger partial charge in [-0.25, -0.2) is 19.7 Å². The number of amides is 5. The molecule has 0 radical (unpaired) electrons. The summed E-state index contributed by atoms with van der Waals surface area (Å²) in [5, 5.41) is 95.6. The van der Waals surface area contributed by atoms with Gasteiger partial charge in [0.1, 0.15) is 47.0 Å². The third-order valence-corrected chi connectivity index (χ3v) is 27.1. The minimum Gasteiger partial charge on any atom is -0.508 e. The molecule has 738 valence electrons. The van der Waals surface area contributed by atoms with Crippen LogP contribution in [0.15, 0.2) is 106 Å². The van der Waals surface area contributed by atoms with Gasteiger partial charge in [-0.1, -0.05) is 106 Å². The molecule has 40 nitrogen and oxygen atoms in total. The van der Waals surface area contributed by atoms with Gasteiger partial charge in [-0.3, -0.25) is 82.3 Å². The summed E-state index contributed by atoms with van der Waals surface area (Å²) in [6.07, 6.45) is 1.45. The standard InChI is InChI=1S/C93H124N16O24S3/c1-9-12-14-34-108(70(51(4)5)45-75(133-11-3)87-104-69(50-134-87)72(112)38-56(36-53(7)89(127)128)37-54-19-27-63(110)28-20-54)88(126)79(52(6)10-2)105-85(124)71-18-13-15-35-109(71,8)48-55-21-30-65(31-22-55)136-135-49-60(90(129)130)41-74(114)68(44-78(119)120)103-84(123)59(43-77(117)118)40-73(113)66(17-16-33-97-92(94)95)101-83(122)58(42-76(115)116)39-64(111)29-32-67(91(131)132)102-82(121)57-23-25-61(26-24-57)98-46-62-47-99-81-80(100-62)86(125)107-93(96)106-81/h12,14,19-28,30-31,47,50-53,56,58-60,66-68,70-71,75,79H,9-11,13,15-18,29,32-46,48-49H2,1-8H3,(H18-,94,95,96,97,98,99,101,102,103,105,106,107,110,115,116,117,118,119,120,121,122,123,124,125,127,128,129,130,131,132)/p+1/t52?,53-,56+,58-,59-,60-,66-,67-,68-,70+,71+,75+,79-,109?/m0/s1. The van der Waals surface area contributed by atoms with Gasteiger partial charge in [0, 0.05) is 104 Å². The Morgan fingerprint density at radius 1 is 0.706 bits per heavy atom. The van der Waals surface area contributed by atoms with E-state index in [-0.39, 0.29) is 127 Å². The number of ether oxygens (including phenoxy) is 1. The lowest BCUT2D eigenvalue weighted by molar-refractivity contribution is -0.942. The van der Waals surface area contributed by atoms with Crippen LogP contribution in [0.1, 0.15) is 213 Å². The first kappa shape index (κ1) is 110. The molecule has 0 spiro atoms. The number of H-pyrrole nitrogens is 1. The molecule has 136 heavy (non-hydrogen) atoms. The number of likely N-dealkylation sites (tertiary alicyclic amines) is 1. The van der Waals surface area contributed by atoms with Gasteiger partial charge in [0.05, 0.1) is 87.0 Å². The minimum absolute atomic E-state index is 0.000256. The van der Waals surface area contributed by atoms with Crippen LogP contribution in [0.4, 0.5) is 11.6 Å². The molecular weight excluding hydrogens is 1820 g/mol. The van der Waals surface area contributed by atoms with Crippen molar-refractivity contribution >= 4 is 150 Å². The number of aromatic hydroxyl groups is 1. The van der Waals surface area contributed by atoms with Crippen molar-refractivity contribution in [2.24, 2.45) is 47.2 Å². The molecule has 3 aromatic heterocycles. The van der Waals surface area contributed by atoms with Crippen molar-refractivity contribution in [1.29, 1.82) is 5.41 Å². The lowest BCUT2D eigenvalue weighted by Gasteiger charge is -2.45. The second-order valence-electron chi connectivity index (χ2n) is 34.8. The Kier molecular flexibility index (Phi) is 44.0. The third kappa shape index (κ3) is 35.3. The summed E-state index contributed by atoms with van der Waals surface area (Å²) in [5.74, 6) is -23.5. The molecule has 1 fully saturated rings.